The summed E-state index contributed by atoms with van der Waals surface area (Å²) in [7, 11) is 0. The van der Waals surface area contributed by atoms with E-state index in [4.69, 9.17) is 4.42 Å². The van der Waals surface area contributed by atoms with Crippen molar-refractivity contribution in [2.24, 2.45) is 5.92 Å². The summed E-state index contributed by atoms with van der Waals surface area (Å²) in [4.78, 5) is 18.5. The van der Waals surface area contributed by atoms with Gasteiger partial charge in [0.25, 0.3) is 5.56 Å². The number of aromatic nitrogens is 5. The Morgan fingerprint density at radius 2 is 1.84 bits per heavy atom. The van der Waals surface area contributed by atoms with E-state index in [1.54, 1.807) is 6.26 Å². The Morgan fingerprint density at radius 3 is 2.57 bits per heavy atom. The lowest BCUT2D eigenvalue weighted by molar-refractivity contribution is 0.116. The molecule has 0 fully saturated rings. The molecule has 0 saturated heterocycles. The Hall–Kier alpha value is -4.04. The first-order valence-electron chi connectivity index (χ1n) is 12.7. The van der Waals surface area contributed by atoms with E-state index in [1.807, 2.05) is 47.1 Å². The summed E-state index contributed by atoms with van der Waals surface area (Å²) in [5.74, 6) is 1.75. The third-order valence-corrected chi connectivity index (χ3v) is 6.73. The fraction of sp³-hybridized carbons (Fsp3) is 0.310. The van der Waals surface area contributed by atoms with Gasteiger partial charge in [0.2, 0.25) is 0 Å². The standard InChI is InChI=1S/C29H32N6O2/c1-4-21-12-13-26-23(15-21)16-24(29(36)30-26)18-34(19-25-11-8-14-37-25)27(20(2)3)28-31-32-33-35(28)17-22-9-6-5-7-10-22/h5-16,20,27H,4,17-19H2,1-3H3,(H,30,36)/t27-/m0/s1. The number of furan rings is 1. The number of hydrogen-bond acceptors (Lipinski definition) is 6. The highest BCUT2D eigenvalue weighted by molar-refractivity contribution is 5.79. The first-order chi connectivity index (χ1) is 18.0. The highest BCUT2D eigenvalue weighted by Crippen LogP contribution is 2.30. The number of nitrogens with zero attached hydrogens (tertiary/aromatic N) is 5. The van der Waals surface area contributed by atoms with Crippen LogP contribution in [0.2, 0.25) is 0 Å². The predicted octanol–water partition coefficient (Wildman–Crippen LogP) is 5.12. The molecule has 37 heavy (non-hydrogen) atoms. The second-order valence-corrected chi connectivity index (χ2v) is 9.75. The SMILES string of the molecule is CCc1ccc2[nH]c(=O)c(CN(Cc3ccco3)[C@H](c3nnnn3Cc3ccccc3)C(C)C)cc2c1. The summed E-state index contributed by atoms with van der Waals surface area (Å²) >= 11 is 0. The maximum atomic E-state index is 13.2. The van der Waals surface area contributed by atoms with E-state index in [0.717, 1.165) is 34.5 Å². The molecule has 0 radical (unpaired) electrons. The highest BCUT2D eigenvalue weighted by Gasteiger charge is 2.30. The van der Waals surface area contributed by atoms with Crippen molar-refractivity contribution in [2.45, 2.75) is 52.9 Å². The Morgan fingerprint density at radius 1 is 1.00 bits per heavy atom. The summed E-state index contributed by atoms with van der Waals surface area (Å²) in [6, 6.07) is 22.0. The van der Waals surface area contributed by atoms with E-state index in [0.29, 0.717) is 25.2 Å². The molecule has 0 aliphatic carbocycles. The smallest absolute Gasteiger partial charge is 0.252 e. The van der Waals surface area contributed by atoms with Crippen molar-refractivity contribution in [3.8, 4) is 0 Å². The second kappa shape index (κ2) is 10.9. The first kappa shape index (κ1) is 24.6. The van der Waals surface area contributed by atoms with Crippen LogP contribution in [0.4, 0.5) is 0 Å². The predicted molar refractivity (Wildman–Crippen MR) is 143 cm³/mol. The monoisotopic (exact) mass is 496 g/mol. The Balaban J connectivity index is 1.54. The maximum Gasteiger partial charge on any atom is 0.252 e. The van der Waals surface area contributed by atoms with Gasteiger partial charge in [-0.15, -0.1) is 5.10 Å². The normalized spacial score (nSPS) is 12.6. The number of aromatic amines is 1. The van der Waals surface area contributed by atoms with Crippen LogP contribution in [0.15, 0.2) is 82.2 Å². The lowest BCUT2D eigenvalue weighted by atomic mass is 10.00. The largest absolute Gasteiger partial charge is 0.468 e. The molecule has 190 valence electrons. The third kappa shape index (κ3) is 5.54. The molecule has 0 amide bonds. The number of hydrogen-bond donors (Lipinski definition) is 1. The van der Waals surface area contributed by atoms with Crippen LogP contribution in [-0.2, 0) is 26.1 Å². The molecule has 0 unspecified atom stereocenters. The van der Waals surface area contributed by atoms with Gasteiger partial charge in [-0.3, -0.25) is 9.69 Å². The van der Waals surface area contributed by atoms with Crippen molar-refractivity contribution in [3.05, 3.63) is 112 Å². The van der Waals surface area contributed by atoms with Crippen LogP contribution in [-0.4, -0.2) is 30.1 Å². The zero-order valence-corrected chi connectivity index (χ0v) is 21.5. The van der Waals surface area contributed by atoms with Crippen LogP contribution >= 0.6 is 0 Å². The Labute approximate surface area is 215 Å². The van der Waals surface area contributed by atoms with E-state index in [1.165, 1.54) is 5.56 Å². The number of nitrogens with one attached hydrogen (secondary N) is 1. The van der Waals surface area contributed by atoms with Crippen molar-refractivity contribution in [1.82, 2.24) is 30.1 Å². The fourth-order valence-corrected chi connectivity index (χ4v) is 4.89. The third-order valence-electron chi connectivity index (χ3n) is 6.73. The molecule has 0 saturated carbocycles. The lowest BCUT2D eigenvalue weighted by Crippen LogP contribution is -2.35. The van der Waals surface area contributed by atoms with Gasteiger partial charge in [-0.25, -0.2) is 4.68 Å². The van der Waals surface area contributed by atoms with Crippen LogP contribution < -0.4 is 5.56 Å². The summed E-state index contributed by atoms with van der Waals surface area (Å²) in [5.41, 5.74) is 3.80. The highest BCUT2D eigenvalue weighted by atomic mass is 16.3. The van der Waals surface area contributed by atoms with Crippen LogP contribution in [0.3, 0.4) is 0 Å². The number of tetrazole rings is 1. The number of pyridine rings is 1. The van der Waals surface area contributed by atoms with Gasteiger partial charge in [-0.1, -0.05) is 57.2 Å². The quantitative estimate of drug-likeness (QED) is 0.289. The molecule has 5 rings (SSSR count). The molecule has 3 heterocycles. The van der Waals surface area contributed by atoms with Crippen LogP contribution in [0.5, 0.6) is 0 Å². The van der Waals surface area contributed by atoms with Crippen molar-refractivity contribution in [3.63, 3.8) is 0 Å². The van der Waals surface area contributed by atoms with Gasteiger partial charge in [0.1, 0.15) is 5.76 Å². The van der Waals surface area contributed by atoms with Gasteiger partial charge < -0.3 is 9.40 Å². The fourth-order valence-electron chi connectivity index (χ4n) is 4.89. The number of rotatable bonds is 10. The lowest BCUT2D eigenvalue weighted by Gasteiger charge is -2.33. The molecule has 0 bridgehead atoms. The van der Waals surface area contributed by atoms with E-state index in [9.17, 15) is 4.79 Å². The van der Waals surface area contributed by atoms with Gasteiger partial charge >= 0.3 is 0 Å². The van der Waals surface area contributed by atoms with E-state index < -0.39 is 0 Å². The van der Waals surface area contributed by atoms with E-state index >= 15 is 0 Å². The number of H-pyrrole nitrogens is 1. The zero-order chi connectivity index (χ0) is 25.8. The average Bonchev–Trinajstić information content (AvgIpc) is 3.57. The molecule has 8 nitrogen and oxygen atoms in total. The number of fused-ring (bicyclic) bond motifs is 1. The maximum absolute atomic E-state index is 13.2. The summed E-state index contributed by atoms with van der Waals surface area (Å²) in [6.07, 6.45) is 2.61. The summed E-state index contributed by atoms with van der Waals surface area (Å²) in [6.45, 7) is 7.94. The zero-order valence-electron chi connectivity index (χ0n) is 21.5. The molecule has 5 aromatic rings. The molecule has 0 aliphatic heterocycles. The minimum absolute atomic E-state index is 0.0902. The van der Waals surface area contributed by atoms with E-state index in [-0.39, 0.29) is 17.5 Å². The molecule has 8 heteroatoms. The van der Waals surface area contributed by atoms with Gasteiger partial charge in [0, 0.05) is 17.6 Å². The number of benzene rings is 2. The molecule has 1 N–H and O–H groups in total. The minimum atomic E-state index is -0.152. The van der Waals surface area contributed by atoms with Gasteiger partial charge in [0.15, 0.2) is 5.82 Å². The van der Waals surface area contributed by atoms with Crippen LogP contribution in [0, 0.1) is 5.92 Å². The van der Waals surface area contributed by atoms with Gasteiger partial charge in [-0.2, -0.15) is 0 Å². The molecule has 3 aromatic heterocycles. The molecule has 2 aromatic carbocycles. The molecule has 1 atom stereocenters. The van der Waals surface area contributed by atoms with Gasteiger partial charge in [0.05, 0.1) is 25.4 Å². The molecule has 0 spiro atoms. The van der Waals surface area contributed by atoms with Crippen LogP contribution in [0.25, 0.3) is 10.9 Å². The molecular weight excluding hydrogens is 464 g/mol. The second-order valence-electron chi connectivity index (χ2n) is 9.75. The van der Waals surface area contributed by atoms with Crippen molar-refractivity contribution >= 4 is 10.9 Å². The molecular formula is C29H32N6O2. The average molecular weight is 497 g/mol. The van der Waals surface area contributed by atoms with Crippen molar-refractivity contribution < 1.29 is 4.42 Å². The molecule has 0 aliphatic rings. The Kier molecular flexibility index (Phi) is 7.28. The number of aryl methyl sites for hydroxylation is 1. The summed E-state index contributed by atoms with van der Waals surface area (Å²) < 4.78 is 7.57. The topological polar surface area (TPSA) is 92.8 Å². The Bertz CT molecular complexity index is 1500. The van der Waals surface area contributed by atoms with Crippen molar-refractivity contribution in [2.75, 3.05) is 0 Å². The first-order valence-corrected chi connectivity index (χ1v) is 12.7. The minimum Gasteiger partial charge on any atom is -0.468 e. The van der Waals surface area contributed by atoms with Gasteiger partial charge in [-0.05, 0) is 69.6 Å². The van der Waals surface area contributed by atoms with E-state index in [2.05, 4.69) is 70.4 Å². The van der Waals surface area contributed by atoms with Crippen LogP contribution in [0.1, 0.15) is 55.1 Å². The summed E-state index contributed by atoms with van der Waals surface area (Å²) in [5, 5.41) is 13.8. The van der Waals surface area contributed by atoms with Crippen molar-refractivity contribution in [1.29, 1.82) is 0 Å².